The lowest BCUT2D eigenvalue weighted by atomic mass is 10.1. The van der Waals surface area contributed by atoms with Gasteiger partial charge in [-0.1, -0.05) is 25.1 Å². The fraction of sp³-hybridized carbons (Fsp3) is 0.400. The van der Waals surface area contributed by atoms with Gasteiger partial charge in [0.2, 0.25) is 0 Å². The van der Waals surface area contributed by atoms with Crippen LogP contribution in [0.3, 0.4) is 0 Å². The summed E-state index contributed by atoms with van der Waals surface area (Å²) in [6.07, 6.45) is 3.75. The molecule has 3 nitrogen and oxygen atoms in total. The Hall–Kier alpha value is -1.45. The van der Waals surface area contributed by atoms with Crippen molar-refractivity contribution in [3.05, 3.63) is 42.1 Å². The molecule has 0 fully saturated rings. The molecule has 0 saturated heterocycles. The highest BCUT2D eigenvalue weighted by Gasteiger charge is 2.07. The number of pyridine rings is 1. The second-order valence-corrected chi connectivity index (χ2v) is 4.47. The van der Waals surface area contributed by atoms with E-state index in [0.29, 0.717) is 6.61 Å². The summed E-state index contributed by atoms with van der Waals surface area (Å²) < 4.78 is 5.46. The summed E-state index contributed by atoms with van der Waals surface area (Å²) in [4.78, 5) is 4.43. The summed E-state index contributed by atoms with van der Waals surface area (Å²) in [5.41, 5.74) is 8.24. The van der Waals surface area contributed by atoms with Crippen molar-refractivity contribution in [3.8, 4) is 0 Å². The van der Waals surface area contributed by atoms with Crippen LogP contribution in [-0.2, 0) is 4.74 Å². The van der Waals surface area contributed by atoms with Crippen molar-refractivity contribution < 1.29 is 4.74 Å². The minimum Gasteiger partial charge on any atom is -0.381 e. The fourth-order valence-corrected chi connectivity index (χ4v) is 1.91. The van der Waals surface area contributed by atoms with E-state index < -0.39 is 0 Å². The lowest BCUT2D eigenvalue weighted by molar-refractivity contribution is 0.128. The standard InChI is InChI=1S/C15H20N2O/c1-2-8-18-9-7-14(16)13-10-12-5-3-4-6-15(12)17-11-13/h3-6,10-11,14H,2,7-9,16H2,1H3. The minimum atomic E-state index is -0.000961. The number of benzene rings is 1. The molecule has 0 aliphatic carbocycles. The number of aromatic nitrogens is 1. The Labute approximate surface area is 108 Å². The summed E-state index contributed by atoms with van der Waals surface area (Å²) in [5.74, 6) is 0. The van der Waals surface area contributed by atoms with E-state index >= 15 is 0 Å². The average Bonchev–Trinajstić information content (AvgIpc) is 2.43. The van der Waals surface area contributed by atoms with Gasteiger partial charge in [0.15, 0.2) is 0 Å². The summed E-state index contributed by atoms with van der Waals surface area (Å²) >= 11 is 0. The molecule has 0 spiro atoms. The molecule has 0 aliphatic heterocycles. The van der Waals surface area contributed by atoms with Crippen molar-refractivity contribution >= 4 is 10.9 Å². The Bertz CT molecular complexity index is 499. The van der Waals surface area contributed by atoms with Gasteiger partial charge < -0.3 is 10.5 Å². The number of para-hydroxylation sites is 1. The van der Waals surface area contributed by atoms with Crippen LogP contribution in [0.5, 0.6) is 0 Å². The molecule has 1 unspecified atom stereocenters. The predicted molar refractivity (Wildman–Crippen MR) is 74.4 cm³/mol. The molecule has 0 aliphatic rings. The van der Waals surface area contributed by atoms with Crippen LogP contribution in [0.1, 0.15) is 31.4 Å². The number of nitrogens with two attached hydrogens (primary N) is 1. The predicted octanol–water partition coefficient (Wildman–Crippen LogP) is 3.05. The van der Waals surface area contributed by atoms with Crippen molar-refractivity contribution in [1.82, 2.24) is 4.98 Å². The Morgan fingerprint density at radius 3 is 2.94 bits per heavy atom. The SMILES string of the molecule is CCCOCCC(N)c1cnc2ccccc2c1. The second kappa shape index (κ2) is 6.47. The topological polar surface area (TPSA) is 48.1 Å². The maximum absolute atomic E-state index is 6.15. The van der Waals surface area contributed by atoms with Crippen molar-refractivity contribution in [1.29, 1.82) is 0 Å². The molecular weight excluding hydrogens is 224 g/mol. The highest BCUT2D eigenvalue weighted by Crippen LogP contribution is 2.18. The van der Waals surface area contributed by atoms with Gasteiger partial charge in [0.1, 0.15) is 0 Å². The maximum Gasteiger partial charge on any atom is 0.0702 e. The first-order valence-electron chi connectivity index (χ1n) is 6.49. The fourth-order valence-electron chi connectivity index (χ4n) is 1.91. The van der Waals surface area contributed by atoms with E-state index in [2.05, 4.69) is 24.0 Å². The van der Waals surface area contributed by atoms with Gasteiger partial charge in [0, 0.05) is 30.8 Å². The zero-order valence-corrected chi connectivity index (χ0v) is 10.8. The zero-order chi connectivity index (χ0) is 12.8. The molecule has 1 aromatic carbocycles. The number of rotatable bonds is 6. The first-order chi connectivity index (χ1) is 8.81. The number of nitrogens with zero attached hydrogens (tertiary/aromatic N) is 1. The number of fused-ring (bicyclic) bond motifs is 1. The quantitative estimate of drug-likeness (QED) is 0.794. The molecule has 1 aromatic heterocycles. The molecule has 2 rings (SSSR count). The number of ether oxygens (including phenoxy) is 1. The molecule has 96 valence electrons. The van der Waals surface area contributed by atoms with Crippen molar-refractivity contribution in [2.45, 2.75) is 25.8 Å². The first-order valence-corrected chi connectivity index (χ1v) is 6.49. The van der Waals surface area contributed by atoms with Gasteiger partial charge >= 0.3 is 0 Å². The molecule has 1 atom stereocenters. The van der Waals surface area contributed by atoms with Gasteiger partial charge in [-0.2, -0.15) is 0 Å². The molecule has 3 heteroatoms. The van der Waals surface area contributed by atoms with Gasteiger partial charge in [-0.05, 0) is 30.5 Å². The van der Waals surface area contributed by atoms with Gasteiger partial charge in [-0.3, -0.25) is 4.98 Å². The monoisotopic (exact) mass is 244 g/mol. The highest BCUT2D eigenvalue weighted by molar-refractivity contribution is 5.78. The molecule has 1 heterocycles. The summed E-state index contributed by atoms with van der Waals surface area (Å²) in [6, 6.07) is 10.2. The van der Waals surface area contributed by atoms with Crippen LogP contribution in [-0.4, -0.2) is 18.2 Å². The van der Waals surface area contributed by atoms with Crippen LogP contribution in [0.2, 0.25) is 0 Å². The molecule has 0 saturated carbocycles. The molecule has 2 aromatic rings. The first kappa shape index (κ1) is 13.0. The molecular formula is C15H20N2O. The third-order valence-corrected chi connectivity index (χ3v) is 2.96. The summed E-state index contributed by atoms with van der Waals surface area (Å²) in [6.45, 7) is 3.62. The van der Waals surface area contributed by atoms with Crippen molar-refractivity contribution in [2.75, 3.05) is 13.2 Å². The Kier molecular flexibility index (Phi) is 4.67. The smallest absolute Gasteiger partial charge is 0.0702 e. The summed E-state index contributed by atoms with van der Waals surface area (Å²) in [5, 5.41) is 1.14. The third-order valence-electron chi connectivity index (χ3n) is 2.96. The lowest BCUT2D eigenvalue weighted by Crippen LogP contribution is -2.13. The maximum atomic E-state index is 6.15. The second-order valence-electron chi connectivity index (χ2n) is 4.47. The van der Waals surface area contributed by atoms with Crippen LogP contribution < -0.4 is 5.73 Å². The Morgan fingerprint density at radius 2 is 2.11 bits per heavy atom. The van der Waals surface area contributed by atoms with E-state index in [1.165, 1.54) is 0 Å². The van der Waals surface area contributed by atoms with Crippen LogP contribution in [0.4, 0.5) is 0 Å². The van der Waals surface area contributed by atoms with Gasteiger partial charge in [-0.15, -0.1) is 0 Å². The van der Waals surface area contributed by atoms with Crippen LogP contribution in [0.15, 0.2) is 36.5 Å². The van der Waals surface area contributed by atoms with Gasteiger partial charge in [-0.25, -0.2) is 0 Å². The molecule has 0 bridgehead atoms. The van der Waals surface area contributed by atoms with E-state index in [1.54, 1.807) is 0 Å². The highest BCUT2D eigenvalue weighted by atomic mass is 16.5. The normalized spacial score (nSPS) is 12.8. The van der Waals surface area contributed by atoms with E-state index in [1.807, 2.05) is 24.4 Å². The Morgan fingerprint density at radius 1 is 1.28 bits per heavy atom. The van der Waals surface area contributed by atoms with Crippen LogP contribution in [0, 0.1) is 0 Å². The largest absolute Gasteiger partial charge is 0.381 e. The average molecular weight is 244 g/mol. The molecule has 0 amide bonds. The minimum absolute atomic E-state index is 0.000961. The van der Waals surface area contributed by atoms with E-state index in [4.69, 9.17) is 10.5 Å². The van der Waals surface area contributed by atoms with E-state index in [0.717, 1.165) is 35.9 Å². The molecule has 0 radical (unpaired) electrons. The van der Waals surface area contributed by atoms with Gasteiger partial charge in [0.25, 0.3) is 0 Å². The van der Waals surface area contributed by atoms with E-state index in [-0.39, 0.29) is 6.04 Å². The summed E-state index contributed by atoms with van der Waals surface area (Å²) in [7, 11) is 0. The molecule has 18 heavy (non-hydrogen) atoms. The van der Waals surface area contributed by atoms with Crippen LogP contribution >= 0.6 is 0 Å². The van der Waals surface area contributed by atoms with E-state index in [9.17, 15) is 0 Å². The van der Waals surface area contributed by atoms with Crippen molar-refractivity contribution in [2.24, 2.45) is 5.73 Å². The number of hydrogen-bond donors (Lipinski definition) is 1. The lowest BCUT2D eigenvalue weighted by Gasteiger charge is -2.12. The molecule has 2 N–H and O–H groups in total. The number of hydrogen-bond acceptors (Lipinski definition) is 3. The van der Waals surface area contributed by atoms with Crippen LogP contribution in [0.25, 0.3) is 10.9 Å². The third kappa shape index (κ3) is 3.28. The van der Waals surface area contributed by atoms with Gasteiger partial charge in [0.05, 0.1) is 5.52 Å². The Balaban J connectivity index is 2.01. The zero-order valence-electron chi connectivity index (χ0n) is 10.8. The van der Waals surface area contributed by atoms with Crippen molar-refractivity contribution in [3.63, 3.8) is 0 Å².